The second-order valence-corrected chi connectivity index (χ2v) is 20.7. The molecular weight excluding hydrogens is 725 g/mol. The van der Waals surface area contributed by atoms with E-state index >= 15 is 0 Å². The molecule has 1 heterocycles. The standard InChI is InChI=1S/C51H88O7/c1-8-10-11-12-13-14-15-16-17-18-19-20-21-22-45(52)56-34-44-46(53)47(54)48(55)49(58-44)57-39-29-31-50(6)38(33-39)25-26-40-42-28-27-41(51(42,7)32-30-43(40)50)36(5)23-24-37(9-2)35(3)4/h25,36-37,39-44,46-49,53-55H,3,8-24,26-34H2,1-2,4-7H3/t36-,37+,39?,40?,41-,42?,43?,44-,46-,47+,48-,49-,50+,51-/m1/s1. The molecule has 4 aliphatic carbocycles. The average Bonchev–Trinajstić information content (AvgIpc) is 3.56. The molecule has 0 spiro atoms. The second-order valence-electron chi connectivity index (χ2n) is 20.7. The molecule has 0 amide bonds. The van der Waals surface area contributed by atoms with E-state index in [1.165, 1.54) is 120 Å². The SMILES string of the molecule is C=C(C)[C@@H](CC)CC[C@@H](C)[C@H]1CCC2C3CC=C4CC(O[C@@H]5O[C@H](COC(=O)CCCCCCCCCCCCCCC)[C@@H](O)[C@H](O)[C@H]5O)CC[C@]4(C)C3CC[C@@]21C. The molecule has 1 aliphatic heterocycles. The van der Waals surface area contributed by atoms with Crippen molar-refractivity contribution in [2.75, 3.05) is 6.61 Å². The Morgan fingerprint density at radius 3 is 2.14 bits per heavy atom. The molecule has 3 saturated carbocycles. The first-order chi connectivity index (χ1) is 27.8. The van der Waals surface area contributed by atoms with Crippen molar-refractivity contribution < 1.29 is 34.3 Å². The Kier molecular flexibility index (Phi) is 18.7. The van der Waals surface area contributed by atoms with Gasteiger partial charge in [0.2, 0.25) is 0 Å². The normalized spacial score (nSPS) is 36.9. The number of carbonyl (C=O) groups excluding carboxylic acids is 1. The van der Waals surface area contributed by atoms with E-state index in [4.69, 9.17) is 14.2 Å². The largest absolute Gasteiger partial charge is 0.463 e. The minimum absolute atomic E-state index is 0.145. The molecule has 4 unspecified atom stereocenters. The maximum absolute atomic E-state index is 12.6. The summed E-state index contributed by atoms with van der Waals surface area (Å²) < 4.78 is 18.0. The zero-order valence-electron chi connectivity index (χ0n) is 38.1. The number of hydrogen-bond donors (Lipinski definition) is 3. The molecule has 58 heavy (non-hydrogen) atoms. The number of ether oxygens (including phenoxy) is 3. The summed E-state index contributed by atoms with van der Waals surface area (Å²) in [6.45, 7) is 18.6. The zero-order chi connectivity index (χ0) is 41.9. The van der Waals surface area contributed by atoms with Gasteiger partial charge in [-0.3, -0.25) is 4.79 Å². The Morgan fingerprint density at radius 1 is 0.845 bits per heavy atom. The van der Waals surface area contributed by atoms with Gasteiger partial charge in [-0.15, -0.1) is 0 Å². The first-order valence-corrected chi connectivity index (χ1v) is 24.7. The molecule has 0 radical (unpaired) electrons. The lowest BCUT2D eigenvalue weighted by Gasteiger charge is -2.58. The average molecular weight is 813 g/mol. The Morgan fingerprint density at radius 2 is 1.50 bits per heavy atom. The Balaban J connectivity index is 1.04. The summed E-state index contributed by atoms with van der Waals surface area (Å²) in [4.78, 5) is 12.6. The number of fused-ring (bicyclic) bond motifs is 5. The molecular formula is C51H88O7. The zero-order valence-corrected chi connectivity index (χ0v) is 38.1. The molecule has 0 aromatic rings. The minimum atomic E-state index is -1.44. The maximum atomic E-state index is 12.6. The lowest BCUT2D eigenvalue weighted by molar-refractivity contribution is -0.313. The van der Waals surface area contributed by atoms with Gasteiger partial charge in [-0.05, 0) is 130 Å². The van der Waals surface area contributed by atoms with E-state index in [2.05, 4.69) is 54.2 Å². The number of esters is 1. The van der Waals surface area contributed by atoms with E-state index in [0.717, 1.165) is 68.6 Å². The molecule has 7 nitrogen and oxygen atoms in total. The van der Waals surface area contributed by atoms with Gasteiger partial charge in [0.1, 0.15) is 31.0 Å². The summed E-state index contributed by atoms with van der Waals surface area (Å²) in [6.07, 6.45) is 25.7. The fourth-order valence-electron chi connectivity index (χ4n) is 13.1. The van der Waals surface area contributed by atoms with Gasteiger partial charge in [-0.1, -0.05) is 135 Å². The number of aliphatic hydroxyl groups excluding tert-OH is 3. The summed E-state index contributed by atoms with van der Waals surface area (Å²) in [6, 6.07) is 0. The van der Waals surface area contributed by atoms with Crippen LogP contribution in [0.25, 0.3) is 0 Å². The van der Waals surface area contributed by atoms with Gasteiger partial charge in [-0.2, -0.15) is 0 Å². The summed E-state index contributed by atoms with van der Waals surface area (Å²) in [5.74, 6) is 4.15. The van der Waals surface area contributed by atoms with Crippen molar-refractivity contribution in [1.29, 1.82) is 0 Å². The van der Waals surface area contributed by atoms with Crippen LogP contribution in [0.2, 0.25) is 0 Å². The molecule has 7 heteroatoms. The van der Waals surface area contributed by atoms with Crippen LogP contribution >= 0.6 is 0 Å². The topological polar surface area (TPSA) is 105 Å². The van der Waals surface area contributed by atoms with Crippen LogP contribution in [-0.2, 0) is 19.0 Å². The molecule has 0 aromatic heterocycles. The predicted octanol–water partition coefficient (Wildman–Crippen LogP) is 11.8. The third kappa shape index (κ3) is 11.8. The first-order valence-electron chi connectivity index (χ1n) is 24.7. The van der Waals surface area contributed by atoms with E-state index in [-0.39, 0.29) is 24.1 Å². The van der Waals surface area contributed by atoms with Gasteiger partial charge in [0, 0.05) is 6.42 Å². The molecule has 14 atom stereocenters. The smallest absolute Gasteiger partial charge is 0.305 e. The third-order valence-corrected chi connectivity index (χ3v) is 16.9. The first kappa shape index (κ1) is 47.8. The Bertz CT molecular complexity index is 1300. The van der Waals surface area contributed by atoms with Gasteiger partial charge in [0.25, 0.3) is 0 Å². The van der Waals surface area contributed by atoms with Crippen LogP contribution in [0.5, 0.6) is 0 Å². The molecule has 0 bridgehead atoms. The molecule has 1 saturated heterocycles. The van der Waals surface area contributed by atoms with Crippen LogP contribution < -0.4 is 0 Å². The number of allylic oxidation sites excluding steroid dienone is 2. The highest BCUT2D eigenvalue weighted by atomic mass is 16.7. The van der Waals surface area contributed by atoms with Crippen LogP contribution in [0.3, 0.4) is 0 Å². The molecule has 4 fully saturated rings. The van der Waals surface area contributed by atoms with Crippen molar-refractivity contribution >= 4 is 5.97 Å². The highest BCUT2D eigenvalue weighted by Gasteiger charge is 2.59. The van der Waals surface area contributed by atoms with Crippen molar-refractivity contribution in [3.8, 4) is 0 Å². The second kappa shape index (κ2) is 22.7. The number of hydrogen-bond acceptors (Lipinski definition) is 7. The number of aliphatic hydroxyl groups is 3. The predicted molar refractivity (Wildman–Crippen MR) is 235 cm³/mol. The Labute approximate surface area is 354 Å². The monoisotopic (exact) mass is 813 g/mol. The van der Waals surface area contributed by atoms with Crippen molar-refractivity contribution in [3.63, 3.8) is 0 Å². The lowest BCUT2D eigenvalue weighted by Crippen LogP contribution is -2.60. The fraction of sp³-hybridized carbons (Fsp3) is 0.902. The minimum Gasteiger partial charge on any atom is -0.463 e. The Hall–Kier alpha value is -1.25. The molecule has 0 aromatic carbocycles. The number of rotatable bonds is 24. The molecule has 334 valence electrons. The highest BCUT2D eigenvalue weighted by Crippen LogP contribution is 2.67. The summed E-state index contributed by atoms with van der Waals surface area (Å²) in [5, 5.41) is 32.5. The number of carbonyl (C=O) groups is 1. The van der Waals surface area contributed by atoms with Crippen molar-refractivity contribution in [2.45, 2.75) is 239 Å². The van der Waals surface area contributed by atoms with Crippen LogP contribution in [0.1, 0.15) is 202 Å². The van der Waals surface area contributed by atoms with Crippen LogP contribution in [-0.4, -0.2) is 64.7 Å². The van der Waals surface area contributed by atoms with Gasteiger partial charge in [0.15, 0.2) is 6.29 Å². The van der Waals surface area contributed by atoms with Crippen LogP contribution in [0, 0.1) is 46.3 Å². The van der Waals surface area contributed by atoms with Gasteiger partial charge >= 0.3 is 5.97 Å². The van der Waals surface area contributed by atoms with Crippen molar-refractivity contribution in [2.24, 2.45) is 46.3 Å². The summed E-state index contributed by atoms with van der Waals surface area (Å²) in [5.41, 5.74) is 3.44. The quantitative estimate of drug-likeness (QED) is 0.0506. The van der Waals surface area contributed by atoms with Gasteiger partial charge < -0.3 is 29.5 Å². The number of unbranched alkanes of at least 4 members (excludes halogenated alkanes) is 12. The van der Waals surface area contributed by atoms with E-state index < -0.39 is 30.7 Å². The van der Waals surface area contributed by atoms with Crippen molar-refractivity contribution in [1.82, 2.24) is 0 Å². The molecule has 5 aliphatic rings. The van der Waals surface area contributed by atoms with Crippen LogP contribution in [0.4, 0.5) is 0 Å². The van der Waals surface area contributed by atoms with Gasteiger partial charge in [0.05, 0.1) is 6.10 Å². The highest BCUT2D eigenvalue weighted by molar-refractivity contribution is 5.69. The van der Waals surface area contributed by atoms with E-state index in [1.54, 1.807) is 0 Å². The summed E-state index contributed by atoms with van der Waals surface area (Å²) >= 11 is 0. The third-order valence-electron chi connectivity index (χ3n) is 16.9. The fourth-order valence-corrected chi connectivity index (χ4v) is 13.1. The van der Waals surface area contributed by atoms with Crippen molar-refractivity contribution in [3.05, 3.63) is 23.8 Å². The van der Waals surface area contributed by atoms with Gasteiger partial charge in [-0.25, -0.2) is 0 Å². The van der Waals surface area contributed by atoms with E-state index in [1.807, 2.05) is 0 Å². The molecule has 5 rings (SSSR count). The van der Waals surface area contributed by atoms with E-state index in [0.29, 0.717) is 23.7 Å². The van der Waals surface area contributed by atoms with Crippen LogP contribution in [0.15, 0.2) is 23.8 Å². The maximum Gasteiger partial charge on any atom is 0.305 e. The molecule has 3 N–H and O–H groups in total. The lowest BCUT2D eigenvalue weighted by atomic mass is 9.47. The van der Waals surface area contributed by atoms with E-state index in [9.17, 15) is 20.1 Å². The summed E-state index contributed by atoms with van der Waals surface area (Å²) in [7, 11) is 0.